The summed E-state index contributed by atoms with van der Waals surface area (Å²) in [7, 11) is 3.54. The Bertz CT molecular complexity index is 913. The molecular weight excluding hydrogens is 390 g/mol. The van der Waals surface area contributed by atoms with Crippen LogP contribution in [0.1, 0.15) is 31.1 Å². The molecule has 1 aromatic heterocycles. The van der Waals surface area contributed by atoms with Gasteiger partial charge in [0, 0.05) is 32.2 Å². The number of benzene rings is 1. The van der Waals surface area contributed by atoms with E-state index in [1.165, 1.54) is 11.8 Å². The van der Waals surface area contributed by atoms with Crippen LogP contribution in [-0.2, 0) is 16.6 Å². The van der Waals surface area contributed by atoms with Crippen LogP contribution in [-0.4, -0.2) is 57.9 Å². The summed E-state index contributed by atoms with van der Waals surface area (Å²) in [4.78, 5) is 29.5. The first kappa shape index (κ1) is 19.8. The van der Waals surface area contributed by atoms with Crippen molar-refractivity contribution < 1.29 is 14.3 Å². The molecule has 3 heterocycles. The van der Waals surface area contributed by atoms with Crippen molar-refractivity contribution in [3.63, 3.8) is 0 Å². The van der Waals surface area contributed by atoms with Crippen LogP contribution in [0.4, 0.5) is 5.69 Å². The van der Waals surface area contributed by atoms with Gasteiger partial charge in [-0.25, -0.2) is 0 Å². The van der Waals surface area contributed by atoms with Gasteiger partial charge in [0.25, 0.3) is 0 Å². The maximum absolute atomic E-state index is 13.3. The number of anilines is 1. The first-order chi connectivity index (χ1) is 14.0. The molecular formula is C20H25N5O3S. The molecule has 0 bridgehead atoms. The molecule has 154 valence electrons. The Balaban J connectivity index is 1.50. The summed E-state index contributed by atoms with van der Waals surface area (Å²) < 4.78 is 7.14. The van der Waals surface area contributed by atoms with Crippen LogP contribution in [0.25, 0.3) is 0 Å². The second-order valence-corrected chi connectivity index (χ2v) is 8.17. The van der Waals surface area contributed by atoms with Crippen molar-refractivity contribution in [2.75, 3.05) is 31.4 Å². The maximum atomic E-state index is 13.3. The van der Waals surface area contributed by atoms with E-state index in [1.54, 1.807) is 12.0 Å². The van der Waals surface area contributed by atoms with Gasteiger partial charge in [-0.05, 0) is 43.4 Å². The number of methoxy groups -OCH3 is 1. The zero-order valence-electron chi connectivity index (χ0n) is 16.9. The number of thioether (sulfide) groups is 1. The van der Waals surface area contributed by atoms with E-state index in [-0.39, 0.29) is 30.2 Å². The number of nitrogens with zero attached hydrogens (tertiary/aromatic N) is 5. The smallest absolute Gasteiger partial charge is 0.228 e. The van der Waals surface area contributed by atoms with Gasteiger partial charge >= 0.3 is 0 Å². The van der Waals surface area contributed by atoms with E-state index in [4.69, 9.17) is 4.74 Å². The summed E-state index contributed by atoms with van der Waals surface area (Å²) in [6.45, 7) is 1.10. The van der Waals surface area contributed by atoms with Gasteiger partial charge in [0.05, 0.1) is 19.1 Å². The molecule has 8 nitrogen and oxygen atoms in total. The molecule has 0 spiro atoms. The molecule has 0 N–H and O–H groups in total. The molecule has 2 saturated heterocycles. The summed E-state index contributed by atoms with van der Waals surface area (Å²) in [5.74, 6) is 1.23. The third-order valence-electron chi connectivity index (χ3n) is 5.74. The molecule has 2 fully saturated rings. The first-order valence-electron chi connectivity index (χ1n) is 9.71. The quantitative estimate of drug-likeness (QED) is 0.697. The van der Waals surface area contributed by atoms with Crippen molar-refractivity contribution in [3.8, 4) is 5.75 Å². The van der Waals surface area contributed by atoms with Gasteiger partial charge in [0.2, 0.25) is 11.8 Å². The fourth-order valence-electron chi connectivity index (χ4n) is 4.21. The molecule has 2 aromatic rings. The van der Waals surface area contributed by atoms with Gasteiger partial charge in [-0.1, -0.05) is 11.8 Å². The number of likely N-dealkylation sites (tertiary alicyclic amines) is 1. The molecule has 0 unspecified atom stereocenters. The van der Waals surface area contributed by atoms with Gasteiger partial charge < -0.3 is 19.1 Å². The molecule has 1 aromatic carbocycles. The Kier molecular flexibility index (Phi) is 5.49. The second kappa shape index (κ2) is 8.06. The summed E-state index contributed by atoms with van der Waals surface area (Å²) in [6, 6.07) is 7.28. The van der Waals surface area contributed by atoms with E-state index < -0.39 is 0 Å². The number of hydrogen-bond acceptors (Lipinski definition) is 6. The number of ether oxygens (including phenoxy) is 1. The molecule has 0 radical (unpaired) electrons. The lowest BCUT2D eigenvalue weighted by molar-refractivity contribution is -0.136. The third-order valence-corrected chi connectivity index (χ3v) is 6.46. The van der Waals surface area contributed by atoms with Crippen LogP contribution in [0.5, 0.6) is 5.75 Å². The fraction of sp³-hybridized carbons (Fsp3) is 0.500. The highest BCUT2D eigenvalue weighted by Crippen LogP contribution is 2.35. The van der Waals surface area contributed by atoms with Crippen molar-refractivity contribution in [3.05, 3.63) is 30.1 Å². The average molecular weight is 416 g/mol. The van der Waals surface area contributed by atoms with E-state index >= 15 is 0 Å². The normalized spacial score (nSPS) is 21.8. The van der Waals surface area contributed by atoms with Crippen LogP contribution in [0.15, 0.2) is 29.4 Å². The third kappa shape index (κ3) is 3.59. The van der Waals surface area contributed by atoms with Gasteiger partial charge in [-0.15, -0.1) is 10.2 Å². The highest BCUT2D eigenvalue weighted by molar-refractivity contribution is 7.98. The predicted octanol–water partition coefficient (Wildman–Crippen LogP) is 2.26. The van der Waals surface area contributed by atoms with Crippen molar-refractivity contribution in [2.45, 2.75) is 30.5 Å². The fourth-order valence-corrected chi connectivity index (χ4v) is 4.70. The minimum Gasteiger partial charge on any atom is -0.497 e. The predicted molar refractivity (Wildman–Crippen MR) is 110 cm³/mol. The van der Waals surface area contributed by atoms with E-state index in [0.717, 1.165) is 35.3 Å². The first-order valence-corrected chi connectivity index (χ1v) is 10.9. The molecule has 0 saturated carbocycles. The van der Waals surface area contributed by atoms with Crippen LogP contribution in [0.2, 0.25) is 0 Å². The summed E-state index contributed by atoms with van der Waals surface area (Å²) >= 11 is 1.54. The van der Waals surface area contributed by atoms with Crippen molar-refractivity contribution in [1.29, 1.82) is 0 Å². The molecule has 0 aliphatic carbocycles. The van der Waals surface area contributed by atoms with Crippen LogP contribution >= 0.6 is 11.8 Å². The lowest BCUT2D eigenvalue weighted by Gasteiger charge is -2.26. The monoisotopic (exact) mass is 415 g/mol. The SMILES string of the molecule is COc1ccc(N2C[C@@H](C(=O)N3CCC[C@@H]3c3nnc(SC)n3C)CC2=O)cc1. The number of carbonyl (C=O) groups is 2. The summed E-state index contributed by atoms with van der Waals surface area (Å²) in [5.41, 5.74) is 0.794. The molecule has 2 amide bonds. The van der Waals surface area contributed by atoms with E-state index in [0.29, 0.717) is 13.1 Å². The Morgan fingerprint density at radius 3 is 2.66 bits per heavy atom. The Morgan fingerprint density at radius 2 is 2.00 bits per heavy atom. The highest BCUT2D eigenvalue weighted by Gasteiger charge is 2.41. The number of hydrogen-bond donors (Lipinski definition) is 0. The van der Waals surface area contributed by atoms with E-state index in [2.05, 4.69) is 10.2 Å². The molecule has 9 heteroatoms. The zero-order chi connectivity index (χ0) is 20.5. The van der Waals surface area contributed by atoms with Crippen LogP contribution in [0.3, 0.4) is 0 Å². The standard InChI is InChI=1S/C20H25N5O3S/c1-23-18(21-22-20(23)29-3)16-5-4-10-24(16)19(27)13-11-17(26)25(12-13)14-6-8-15(28-2)9-7-14/h6-9,13,16H,4-5,10-12H2,1-3H3/t13-,16+/m0/s1. The van der Waals surface area contributed by atoms with Gasteiger partial charge in [-0.2, -0.15) is 0 Å². The molecule has 29 heavy (non-hydrogen) atoms. The topological polar surface area (TPSA) is 80.6 Å². The van der Waals surface area contributed by atoms with Crippen LogP contribution in [0, 0.1) is 5.92 Å². The summed E-state index contributed by atoms with van der Waals surface area (Å²) in [6.07, 6.45) is 4.00. The van der Waals surface area contributed by atoms with Gasteiger partial charge in [0.1, 0.15) is 5.75 Å². The lowest BCUT2D eigenvalue weighted by atomic mass is 10.1. The minimum absolute atomic E-state index is 0.0207. The Hall–Kier alpha value is -2.55. The molecule has 2 aliphatic rings. The van der Waals surface area contributed by atoms with E-state index in [1.807, 2.05) is 47.0 Å². The molecule has 2 atom stereocenters. The van der Waals surface area contributed by atoms with Crippen molar-refractivity contribution >= 4 is 29.3 Å². The second-order valence-electron chi connectivity index (χ2n) is 7.40. The Labute approximate surface area is 174 Å². The molecule has 4 rings (SSSR count). The Morgan fingerprint density at radius 1 is 1.24 bits per heavy atom. The molecule has 2 aliphatic heterocycles. The van der Waals surface area contributed by atoms with Crippen molar-refractivity contribution in [2.24, 2.45) is 13.0 Å². The van der Waals surface area contributed by atoms with Crippen molar-refractivity contribution in [1.82, 2.24) is 19.7 Å². The lowest BCUT2D eigenvalue weighted by Crippen LogP contribution is -2.37. The van der Waals surface area contributed by atoms with Gasteiger partial charge in [-0.3, -0.25) is 9.59 Å². The average Bonchev–Trinajstić information content (AvgIpc) is 3.45. The highest BCUT2D eigenvalue weighted by atomic mass is 32.2. The maximum Gasteiger partial charge on any atom is 0.228 e. The number of rotatable bonds is 5. The minimum atomic E-state index is -0.335. The van der Waals surface area contributed by atoms with Gasteiger partial charge in [0.15, 0.2) is 11.0 Å². The van der Waals surface area contributed by atoms with E-state index in [9.17, 15) is 9.59 Å². The summed E-state index contributed by atoms with van der Waals surface area (Å²) in [5, 5.41) is 9.38. The number of carbonyl (C=O) groups excluding carboxylic acids is 2. The number of aromatic nitrogens is 3. The zero-order valence-corrected chi connectivity index (χ0v) is 17.7. The van der Waals surface area contributed by atoms with Crippen LogP contribution < -0.4 is 9.64 Å². The largest absolute Gasteiger partial charge is 0.497 e. The number of amides is 2.